The summed E-state index contributed by atoms with van der Waals surface area (Å²) in [6, 6.07) is 0. The van der Waals surface area contributed by atoms with Crippen molar-refractivity contribution in [3.05, 3.63) is 7.05 Å². The average Bonchev–Trinajstić information content (AvgIpc) is 2.39. The van der Waals surface area contributed by atoms with Gasteiger partial charge < -0.3 is 5.32 Å². The Hall–Kier alpha value is -0.0400. The molecule has 18 heavy (non-hydrogen) atoms. The van der Waals surface area contributed by atoms with Gasteiger partial charge in [-0.05, 0) is 13.0 Å². The fourth-order valence-electron chi connectivity index (χ4n) is 2.44. The van der Waals surface area contributed by atoms with Crippen LogP contribution in [0.25, 0.3) is 0 Å². The van der Waals surface area contributed by atoms with Crippen LogP contribution < -0.4 is 5.32 Å². The first kappa shape index (κ1) is 18.0. The fraction of sp³-hybridized carbons (Fsp3) is 0.941. The van der Waals surface area contributed by atoms with E-state index in [0.29, 0.717) is 0 Å². The summed E-state index contributed by atoms with van der Waals surface area (Å²) in [6.45, 7) is 3.37. The third kappa shape index (κ3) is 16.0. The molecular weight excluding hydrogens is 218 g/mol. The number of rotatable bonds is 15. The van der Waals surface area contributed by atoms with Crippen molar-refractivity contribution < 1.29 is 0 Å². The topological polar surface area (TPSA) is 12.0 Å². The molecule has 0 saturated carbocycles. The molecule has 1 radical (unpaired) electrons. The molecule has 0 aromatic carbocycles. The second-order valence-corrected chi connectivity index (χ2v) is 5.60. The maximum Gasteiger partial charge on any atom is 0.00767 e. The smallest absolute Gasteiger partial charge is 0.00767 e. The van der Waals surface area contributed by atoms with E-state index in [2.05, 4.69) is 19.3 Å². The number of unbranched alkanes of at least 4 members (excludes halogenated alkanes) is 13. The van der Waals surface area contributed by atoms with Gasteiger partial charge in [-0.1, -0.05) is 90.4 Å². The minimum atomic E-state index is 1.08. The minimum Gasteiger partial charge on any atom is -0.315 e. The fourth-order valence-corrected chi connectivity index (χ4v) is 2.44. The van der Waals surface area contributed by atoms with Gasteiger partial charge in [0.25, 0.3) is 0 Å². The molecule has 0 bridgehead atoms. The molecule has 0 aliphatic carbocycles. The Labute approximate surface area is 116 Å². The Morgan fingerprint density at radius 2 is 0.889 bits per heavy atom. The van der Waals surface area contributed by atoms with E-state index in [-0.39, 0.29) is 0 Å². The van der Waals surface area contributed by atoms with Gasteiger partial charge >= 0.3 is 0 Å². The van der Waals surface area contributed by atoms with Gasteiger partial charge in [-0.25, -0.2) is 0 Å². The van der Waals surface area contributed by atoms with Gasteiger partial charge in [-0.3, -0.25) is 0 Å². The van der Waals surface area contributed by atoms with E-state index in [0.717, 1.165) is 6.54 Å². The van der Waals surface area contributed by atoms with Crippen LogP contribution in [0.15, 0.2) is 0 Å². The summed E-state index contributed by atoms with van der Waals surface area (Å²) in [5.74, 6) is 0. The molecule has 1 nitrogen and oxygen atoms in total. The van der Waals surface area contributed by atoms with Crippen LogP contribution >= 0.6 is 0 Å². The number of nitrogens with one attached hydrogen (secondary N) is 1. The van der Waals surface area contributed by atoms with Crippen LogP contribution in [-0.2, 0) is 0 Å². The van der Waals surface area contributed by atoms with Crippen molar-refractivity contribution in [1.82, 2.24) is 5.32 Å². The molecule has 0 atom stereocenters. The Kier molecular flexibility index (Phi) is 16.9. The normalized spacial score (nSPS) is 11.0. The molecule has 0 fully saturated rings. The third-order valence-electron chi connectivity index (χ3n) is 3.71. The van der Waals surface area contributed by atoms with Crippen LogP contribution in [0, 0.1) is 7.05 Å². The minimum absolute atomic E-state index is 1.08. The Balaban J connectivity index is 2.86. The zero-order valence-electron chi connectivity index (χ0n) is 12.8. The summed E-state index contributed by atoms with van der Waals surface area (Å²) < 4.78 is 0. The predicted octanol–water partition coefficient (Wildman–Crippen LogP) is 5.85. The van der Waals surface area contributed by atoms with E-state index in [9.17, 15) is 0 Å². The lowest BCUT2D eigenvalue weighted by atomic mass is 10.0. The summed E-state index contributed by atoms with van der Waals surface area (Å²) in [5.41, 5.74) is 0. The van der Waals surface area contributed by atoms with E-state index in [4.69, 9.17) is 0 Å². The van der Waals surface area contributed by atoms with E-state index in [1.807, 2.05) is 0 Å². The lowest BCUT2D eigenvalue weighted by Gasteiger charge is -2.03. The van der Waals surface area contributed by atoms with E-state index in [1.54, 1.807) is 0 Å². The molecule has 0 saturated heterocycles. The molecule has 0 aliphatic rings. The van der Waals surface area contributed by atoms with Crippen LogP contribution in [0.5, 0.6) is 0 Å². The van der Waals surface area contributed by atoms with Crippen LogP contribution in [-0.4, -0.2) is 6.54 Å². The van der Waals surface area contributed by atoms with Crippen molar-refractivity contribution in [3.8, 4) is 0 Å². The van der Waals surface area contributed by atoms with Crippen molar-refractivity contribution in [2.75, 3.05) is 6.54 Å². The van der Waals surface area contributed by atoms with Crippen molar-refractivity contribution in [2.24, 2.45) is 0 Å². The summed E-state index contributed by atoms with van der Waals surface area (Å²) >= 11 is 0. The molecule has 0 spiro atoms. The van der Waals surface area contributed by atoms with Gasteiger partial charge in [0.05, 0.1) is 0 Å². The summed E-state index contributed by atoms with van der Waals surface area (Å²) in [7, 11) is 3.63. The van der Waals surface area contributed by atoms with Crippen molar-refractivity contribution in [1.29, 1.82) is 0 Å². The first-order valence-corrected chi connectivity index (χ1v) is 8.41. The molecule has 0 aliphatic heterocycles. The van der Waals surface area contributed by atoms with E-state index >= 15 is 0 Å². The Morgan fingerprint density at radius 3 is 1.22 bits per heavy atom. The molecule has 0 aromatic rings. The van der Waals surface area contributed by atoms with Crippen molar-refractivity contribution in [3.63, 3.8) is 0 Å². The van der Waals surface area contributed by atoms with E-state index < -0.39 is 0 Å². The molecule has 109 valence electrons. The summed E-state index contributed by atoms with van der Waals surface area (Å²) in [5, 5.41) is 2.96. The molecule has 0 amide bonds. The highest BCUT2D eigenvalue weighted by Gasteiger charge is 1.93. The number of hydrogen-bond acceptors (Lipinski definition) is 1. The first-order valence-electron chi connectivity index (χ1n) is 8.41. The lowest BCUT2D eigenvalue weighted by Crippen LogP contribution is -2.03. The van der Waals surface area contributed by atoms with Crippen molar-refractivity contribution in [2.45, 2.75) is 96.8 Å². The van der Waals surface area contributed by atoms with Gasteiger partial charge in [0.1, 0.15) is 0 Å². The van der Waals surface area contributed by atoms with Crippen LogP contribution in [0.3, 0.4) is 0 Å². The maximum absolute atomic E-state index is 3.63. The lowest BCUT2D eigenvalue weighted by molar-refractivity contribution is 0.534. The largest absolute Gasteiger partial charge is 0.315 e. The predicted molar refractivity (Wildman–Crippen MR) is 83.7 cm³/mol. The highest BCUT2D eigenvalue weighted by Crippen LogP contribution is 2.12. The molecule has 0 heterocycles. The van der Waals surface area contributed by atoms with Gasteiger partial charge in [-0.15, -0.1) is 0 Å². The van der Waals surface area contributed by atoms with Gasteiger partial charge in [0, 0.05) is 7.05 Å². The molecule has 0 unspecified atom stereocenters. The van der Waals surface area contributed by atoms with Gasteiger partial charge in [-0.2, -0.15) is 0 Å². The average molecular weight is 254 g/mol. The highest BCUT2D eigenvalue weighted by atomic mass is 14.8. The monoisotopic (exact) mass is 254 g/mol. The molecule has 0 aromatic heterocycles. The van der Waals surface area contributed by atoms with Crippen LogP contribution in [0.4, 0.5) is 0 Å². The van der Waals surface area contributed by atoms with Gasteiger partial charge in [0.15, 0.2) is 0 Å². The van der Waals surface area contributed by atoms with Crippen LogP contribution in [0.2, 0.25) is 0 Å². The first-order chi connectivity index (χ1) is 8.91. The Morgan fingerprint density at radius 1 is 0.556 bits per heavy atom. The molecule has 1 N–H and O–H groups in total. The second-order valence-electron chi connectivity index (χ2n) is 5.60. The molecule has 0 rings (SSSR count). The maximum atomic E-state index is 3.63. The standard InChI is InChI=1S/C17H36N/c1-3-4-5-6-7-8-9-10-11-12-13-14-15-16-17-18-2/h18H,2-17H2,1H3. The summed E-state index contributed by atoms with van der Waals surface area (Å²) in [6.07, 6.45) is 20.0. The van der Waals surface area contributed by atoms with Crippen molar-refractivity contribution >= 4 is 0 Å². The molecule has 1 heteroatoms. The quantitative estimate of drug-likeness (QED) is 0.361. The number of hydrogen-bond donors (Lipinski definition) is 1. The van der Waals surface area contributed by atoms with Gasteiger partial charge in [0.2, 0.25) is 0 Å². The SMILES string of the molecule is [CH2]NCCCCCCCCCCCCCCCC. The van der Waals surface area contributed by atoms with E-state index in [1.165, 1.54) is 89.9 Å². The summed E-state index contributed by atoms with van der Waals surface area (Å²) in [4.78, 5) is 0. The zero-order valence-corrected chi connectivity index (χ0v) is 12.8. The third-order valence-corrected chi connectivity index (χ3v) is 3.71. The Bertz CT molecular complexity index is 118. The van der Waals surface area contributed by atoms with Crippen LogP contribution in [0.1, 0.15) is 96.8 Å². The second kappa shape index (κ2) is 17.0. The highest BCUT2D eigenvalue weighted by molar-refractivity contribution is 4.50. The molecular formula is C17H36N. The zero-order chi connectivity index (χ0) is 13.3.